The number of hydrogen-bond acceptors (Lipinski definition) is 6. The summed E-state index contributed by atoms with van der Waals surface area (Å²) in [6.45, 7) is 3.79. The molecule has 27 heavy (non-hydrogen) atoms. The molecule has 1 atom stereocenters. The highest BCUT2D eigenvalue weighted by Gasteiger charge is 2.26. The summed E-state index contributed by atoms with van der Waals surface area (Å²) in [5, 5.41) is 3.47. The van der Waals surface area contributed by atoms with Crippen molar-refractivity contribution in [3.8, 4) is 11.6 Å². The molecule has 2 aromatic heterocycles. The third-order valence-electron chi connectivity index (χ3n) is 4.58. The Morgan fingerprint density at radius 2 is 2.00 bits per heavy atom. The van der Waals surface area contributed by atoms with E-state index in [4.69, 9.17) is 4.74 Å². The molecule has 1 fully saturated rings. The number of ether oxygens (including phenoxy) is 1. The molecule has 0 bridgehead atoms. The Balaban J connectivity index is 0.00000210. The third kappa shape index (κ3) is 4.63. The molecule has 3 heterocycles. The molecule has 1 N–H and O–H groups in total. The minimum Gasteiger partial charge on any atom is -0.438 e. The lowest BCUT2D eigenvalue weighted by Crippen LogP contribution is -2.46. The molecular formula is C19H23ClN6O. The fourth-order valence-corrected chi connectivity index (χ4v) is 3.24. The molecule has 0 radical (unpaired) electrons. The van der Waals surface area contributed by atoms with E-state index < -0.39 is 0 Å². The highest BCUT2D eigenvalue weighted by molar-refractivity contribution is 5.85. The van der Waals surface area contributed by atoms with E-state index in [1.54, 1.807) is 18.6 Å². The van der Waals surface area contributed by atoms with E-state index >= 15 is 0 Å². The van der Waals surface area contributed by atoms with Crippen molar-refractivity contribution in [3.63, 3.8) is 0 Å². The smallest absolute Gasteiger partial charge is 0.237 e. The van der Waals surface area contributed by atoms with Crippen molar-refractivity contribution in [3.05, 3.63) is 66.6 Å². The number of benzene rings is 1. The fourth-order valence-electron chi connectivity index (χ4n) is 3.24. The van der Waals surface area contributed by atoms with E-state index in [0.29, 0.717) is 5.88 Å². The molecule has 7 nitrogen and oxygen atoms in total. The lowest BCUT2D eigenvalue weighted by Gasteiger charge is -2.35. The summed E-state index contributed by atoms with van der Waals surface area (Å²) in [5.41, 5.74) is 1.25. The van der Waals surface area contributed by atoms with Gasteiger partial charge in [0.05, 0.1) is 12.2 Å². The van der Waals surface area contributed by atoms with Gasteiger partial charge in [-0.25, -0.2) is 9.97 Å². The average molecular weight is 387 g/mol. The zero-order valence-electron chi connectivity index (χ0n) is 15.2. The van der Waals surface area contributed by atoms with Gasteiger partial charge in [-0.1, -0.05) is 12.1 Å². The van der Waals surface area contributed by atoms with Gasteiger partial charge in [-0.15, -0.1) is 12.4 Å². The zero-order chi connectivity index (χ0) is 17.8. The van der Waals surface area contributed by atoms with E-state index in [-0.39, 0.29) is 18.4 Å². The SMILES string of the molecule is Cl.Cn1ccnc1C1CNCCN1Cc1ccc(Oc2cnccn2)cc1. The molecule has 142 valence electrons. The number of nitrogens with zero attached hydrogens (tertiary/aromatic N) is 5. The number of halogens is 1. The quantitative estimate of drug-likeness (QED) is 0.726. The van der Waals surface area contributed by atoms with Gasteiger partial charge in [0.15, 0.2) is 0 Å². The summed E-state index contributed by atoms with van der Waals surface area (Å²) in [5.74, 6) is 2.35. The van der Waals surface area contributed by atoms with Gasteiger partial charge in [0.1, 0.15) is 11.6 Å². The van der Waals surface area contributed by atoms with Crippen LogP contribution in [-0.4, -0.2) is 44.1 Å². The van der Waals surface area contributed by atoms with Crippen LogP contribution in [0, 0.1) is 0 Å². The molecule has 3 aromatic rings. The maximum absolute atomic E-state index is 5.71. The van der Waals surface area contributed by atoms with Gasteiger partial charge in [0.2, 0.25) is 5.88 Å². The minimum atomic E-state index is 0. The van der Waals surface area contributed by atoms with Gasteiger partial charge >= 0.3 is 0 Å². The van der Waals surface area contributed by atoms with E-state index in [9.17, 15) is 0 Å². The Kier molecular flexibility index (Phi) is 6.39. The van der Waals surface area contributed by atoms with Gasteiger partial charge in [-0.05, 0) is 17.7 Å². The third-order valence-corrected chi connectivity index (χ3v) is 4.58. The van der Waals surface area contributed by atoms with Crippen LogP contribution >= 0.6 is 12.4 Å². The number of nitrogens with one attached hydrogen (secondary N) is 1. The summed E-state index contributed by atoms with van der Waals surface area (Å²) in [4.78, 5) is 15.1. The summed E-state index contributed by atoms with van der Waals surface area (Å²) in [6.07, 6.45) is 8.71. The summed E-state index contributed by atoms with van der Waals surface area (Å²) >= 11 is 0. The molecule has 1 aromatic carbocycles. The molecule has 1 saturated heterocycles. The molecule has 0 aliphatic carbocycles. The van der Waals surface area contributed by atoms with E-state index in [1.165, 1.54) is 5.56 Å². The zero-order valence-corrected chi connectivity index (χ0v) is 16.0. The maximum Gasteiger partial charge on any atom is 0.237 e. The number of hydrogen-bond donors (Lipinski definition) is 1. The first-order valence-electron chi connectivity index (χ1n) is 8.74. The highest BCUT2D eigenvalue weighted by Crippen LogP contribution is 2.24. The van der Waals surface area contributed by atoms with Crippen LogP contribution in [0.2, 0.25) is 0 Å². The Morgan fingerprint density at radius 3 is 2.70 bits per heavy atom. The monoisotopic (exact) mass is 386 g/mol. The lowest BCUT2D eigenvalue weighted by molar-refractivity contribution is 0.144. The van der Waals surface area contributed by atoms with Gasteiger partial charge in [-0.3, -0.25) is 9.88 Å². The number of imidazole rings is 1. The Bertz CT molecular complexity index is 839. The minimum absolute atomic E-state index is 0. The van der Waals surface area contributed by atoms with Crippen LogP contribution in [0.15, 0.2) is 55.2 Å². The molecule has 1 unspecified atom stereocenters. The molecule has 0 amide bonds. The van der Waals surface area contributed by atoms with Crippen LogP contribution in [0.5, 0.6) is 11.6 Å². The van der Waals surface area contributed by atoms with E-state index in [1.807, 2.05) is 31.6 Å². The second-order valence-electron chi connectivity index (χ2n) is 6.38. The molecular weight excluding hydrogens is 364 g/mol. The van der Waals surface area contributed by atoms with Crippen LogP contribution in [-0.2, 0) is 13.6 Å². The molecule has 0 spiro atoms. The van der Waals surface area contributed by atoms with Crippen molar-refractivity contribution in [1.29, 1.82) is 0 Å². The Hall–Kier alpha value is -2.48. The van der Waals surface area contributed by atoms with Crippen molar-refractivity contribution in [2.24, 2.45) is 7.05 Å². The number of piperazine rings is 1. The van der Waals surface area contributed by atoms with Gasteiger partial charge in [0.25, 0.3) is 0 Å². The molecule has 1 aliphatic rings. The first-order valence-corrected chi connectivity index (χ1v) is 8.74. The second kappa shape index (κ2) is 8.94. The van der Waals surface area contributed by atoms with Crippen molar-refractivity contribution in [2.45, 2.75) is 12.6 Å². The number of rotatable bonds is 5. The predicted octanol–water partition coefficient (Wildman–Crippen LogP) is 2.57. The maximum atomic E-state index is 5.71. The second-order valence-corrected chi connectivity index (χ2v) is 6.38. The van der Waals surface area contributed by atoms with Crippen molar-refractivity contribution in [2.75, 3.05) is 19.6 Å². The highest BCUT2D eigenvalue weighted by atomic mass is 35.5. The van der Waals surface area contributed by atoms with Crippen molar-refractivity contribution < 1.29 is 4.74 Å². The van der Waals surface area contributed by atoms with Gasteiger partial charge in [-0.2, -0.15) is 0 Å². The van der Waals surface area contributed by atoms with Crippen molar-refractivity contribution >= 4 is 12.4 Å². The van der Waals surface area contributed by atoms with Crippen LogP contribution < -0.4 is 10.1 Å². The van der Waals surface area contributed by atoms with E-state index in [0.717, 1.165) is 37.8 Å². The van der Waals surface area contributed by atoms with Crippen molar-refractivity contribution in [1.82, 2.24) is 29.7 Å². The average Bonchev–Trinajstić information content (AvgIpc) is 3.10. The summed E-state index contributed by atoms with van der Waals surface area (Å²) in [6, 6.07) is 8.43. The summed E-state index contributed by atoms with van der Waals surface area (Å²) < 4.78 is 7.81. The fraction of sp³-hybridized carbons (Fsp3) is 0.316. The molecule has 1 aliphatic heterocycles. The van der Waals surface area contributed by atoms with E-state index in [2.05, 4.69) is 41.9 Å². The molecule has 4 rings (SSSR count). The molecule has 8 heteroatoms. The van der Waals surface area contributed by atoms with Crippen LogP contribution in [0.4, 0.5) is 0 Å². The number of aromatic nitrogens is 4. The number of aryl methyl sites for hydroxylation is 1. The standard InChI is InChI=1S/C19H22N6O.ClH/c1-24-10-9-23-19(24)17-12-21-8-11-25(17)14-15-2-4-16(5-3-15)26-18-13-20-6-7-22-18;/h2-7,9-10,13,17,21H,8,11-12,14H2,1H3;1H. The first kappa shape index (κ1) is 19.3. The van der Waals surface area contributed by atoms with Crippen LogP contribution in [0.25, 0.3) is 0 Å². The normalized spacial score (nSPS) is 17.3. The van der Waals surface area contributed by atoms with Crippen LogP contribution in [0.3, 0.4) is 0 Å². The predicted molar refractivity (Wildman–Crippen MR) is 105 cm³/mol. The van der Waals surface area contributed by atoms with Crippen LogP contribution in [0.1, 0.15) is 17.4 Å². The first-order chi connectivity index (χ1) is 12.8. The topological polar surface area (TPSA) is 68.1 Å². The Labute approximate surface area is 164 Å². The van der Waals surface area contributed by atoms with Gasteiger partial charge < -0.3 is 14.6 Å². The Morgan fingerprint density at radius 1 is 1.15 bits per heavy atom. The van der Waals surface area contributed by atoms with Gasteiger partial charge in [0, 0.05) is 58.0 Å². The lowest BCUT2D eigenvalue weighted by atomic mass is 10.1. The largest absolute Gasteiger partial charge is 0.438 e. The molecule has 0 saturated carbocycles. The summed E-state index contributed by atoms with van der Waals surface area (Å²) in [7, 11) is 2.05.